The summed E-state index contributed by atoms with van der Waals surface area (Å²) in [6, 6.07) is 6.40. The van der Waals surface area contributed by atoms with Crippen LogP contribution < -0.4 is 15.7 Å². The third kappa shape index (κ3) is 5.00. The molecule has 0 fully saturated rings. The Balaban J connectivity index is 2.08. The van der Waals surface area contributed by atoms with E-state index < -0.39 is 0 Å². The average Bonchev–Trinajstić information content (AvgIpc) is 3.43. The number of rotatable bonds is 11. The van der Waals surface area contributed by atoms with Crippen molar-refractivity contribution in [1.82, 2.24) is 14.6 Å². The monoisotopic (exact) mass is 453 g/mol. The van der Waals surface area contributed by atoms with Gasteiger partial charge in [0.15, 0.2) is 5.65 Å². The highest BCUT2D eigenvalue weighted by atomic mass is 32.1. The Morgan fingerprint density at radius 1 is 1.22 bits per heavy atom. The molecule has 0 unspecified atom stereocenters. The van der Waals surface area contributed by atoms with Crippen molar-refractivity contribution in [2.45, 2.75) is 52.9 Å². The Morgan fingerprint density at radius 3 is 2.56 bits per heavy atom. The number of hydrogen-bond acceptors (Lipinski definition) is 7. The minimum atomic E-state index is -0.198. The first-order valence-corrected chi connectivity index (χ1v) is 12.0. The van der Waals surface area contributed by atoms with Crippen LogP contribution >= 0.6 is 11.3 Å². The number of nitriles is 1. The van der Waals surface area contributed by atoms with E-state index in [0.29, 0.717) is 40.8 Å². The number of hydrogen-bond donors (Lipinski definition) is 0. The number of thiophene rings is 1. The number of fused-ring (bicyclic) bond motifs is 1. The summed E-state index contributed by atoms with van der Waals surface area (Å²) in [6.07, 6.45) is 6.98. The molecule has 3 heterocycles. The van der Waals surface area contributed by atoms with Gasteiger partial charge in [-0.1, -0.05) is 26.7 Å². The molecule has 0 saturated carbocycles. The van der Waals surface area contributed by atoms with E-state index in [1.54, 1.807) is 25.4 Å². The highest BCUT2D eigenvalue weighted by molar-refractivity contribution is 7.16. The number of aromatic nitrogens is 3. The first-order valence-electron chi connectivity index (χ1n) is 11.2. The summed E-state index contributed by atoms with van der Waals surface area (Å²) in [6.45, 7) is 8.72. The third-order valence-electron chi connectivity index (χ3n) is 5.58. The molecule has 0 atom stereocenters. The van der Waals surface area contributed by atoms with Gasteiger partial charge in [0.2, 0.25) is 0 Å². The molecule has 0 radical (unpaired) electrons. The number of pyridine rings is 1. The van der Waals surface area contributed by atoms with E-state index in [9.17, 15) is 10.1 Å². The minimum absolute atomic E-state index is 0.198. The normalized spacial score (nSPS) is 11.9. The van der Waals surface area contributed by atoms with Crippen molar-refractivity contribution >= 4 is 28.1 Å². The van der Waals surface area contributed by atoms with Crippen LogP contribution in [-0.2, 0) is 11.2 Å². The van der Waals surface area contributed by atoms with Gasteiger partial charge in [0.25, 0.3) is 5.56 Å². The largest absolute Gasteiger partial charge is 0.384 e. The molecule has 0 spiro atoms. The van der Waals surface area contributed by atoms with Crippen LogP contribution in [0, 0.1) is 18.3 Å². The van der Waals surface area contributed by atoms with Crippen LogP contribution in [0.1, 0.15) is 61.4 Å². The molecular weight excluding hydrogens is 422 g/mol. The number of methoxy groups -OCH3 is 1. The zero-order valence-electron chi connectivity index (χ0n) is 19.3. The van der Waals surface area contributed by atoms with E-state index >= 15 is 0 Å². The van der Waals surface area contributed by atoms with Gasteiger partial charge in [0.05, 0.1) is 11.6 Å². The van der Waals surface area contributed by atoms with Gasteiger partial charge in [-0.05, 0) is 43.5 Å². The molecule has 3 rings (SSSR count). The second-order valence-corrected chi connectivity index (χ2v) is 8.96. The highest BCUT2D eigenvalue weighted by Crippen LogP contribution is 2.27. The molecular formula is C24H31N5O2S. The quantitative estimate of drug-likeness (QED) is 0.442. The van der Waals surface area contributed by atoms with Gasteiger partial charge in [0.1, 0.15) is 17.5 Å². The lowest BCUT2D eigenvalue weighted by Gasteiger charge is -2.22. The summed E-state index contributed by atoms with van der Waals surface area (Å²) < 4.78 is 6.59. The lowest BCUT2D eigenvalue weighted by Crippen LogP contribution is -2.35. The molecule has 0 aliphatic heterocycles. The highest BCUT2D eigenvalue weighted by Gasteiger charge is 2.17. The van der Waals surface area contributed by atoms with E-state index in [0.717, 1.165) is 43.6 Å². The average molecular weight is 454 g/mol. The lowest BCUT2D eigenvalue weighted by molar-refractivity contribution is 0.200. The van der Waals surface area contributed by atoms with Gasteiger partial charge >= 0.3 is 0 Å². The van der Waals surface area contributed by atoms with Crippen molar-refractivity contribution in [3.63, 3.8) is 0 Å². The number of anilines is 1. The predicted octanol–water partition coefficient (Wildman–Crippen LogP) is 3.47. The lowest BCUT2D eigenvalue weighted by atomic mass is 10.1. The van der Waals surface area contributed by atoms with Crippen molar-refractivity contribution in [3.05, 3.63) is 49.5 Å². The second-order valence-electron chi connectivity index (χ2n) is 7.86. The van der Waals surface area contributed by atoms with Crippen LogP contribution in [-0.4, -0.2) is 41.4 Å². The first-order chi connectivity index (χ1) is 15.5. The summed E-state index contributed by atoms with van der Waals surface area (Å²) in [7, 11) is 1.60. The number of unbranched alkanes of at least 4 members (excludes halogenated alkanes) is 2. The molecule has 0 aromatic carbocycles. The van der Waals surface area contributed by atoms with Crippen LogP contribution in [0.2, 0.25) is 0 Å². The maximum absolute atomic E-state index is 13.4. The Labute approximate surface area is 193 Å². The minimum Gasteiger partial charge on any atom is -0.384 e. The van der Waals surface area contributed by atoms with Crippen LogP contribution in [0.3, 0.4) is 0 Å². The molecule has 32 heavy (non-hydrogen) atoms. The molecule has 8 heteroatoms. The maximum atomic E-state index is 13.4. The summed E-state index contributed by atoms with van der Waals surface area (Å²) in [5.41, 5.74) is 1.14. The molecule has 0 aliphatic rings. The Kier molecular flexibility index (Phi) is 8.37. The Hall–Kier alpha value is -2.76. The second kappa shape index (κ2) is 11.2. The fourth-order valence-corrected chi connectivity index (χ4v) is 4.70. The molecule has 0 amide bonds. The van der Waals surface area contributed by atoms with Crippen molar-refractivity contribution in [2.75, 3.05) is 31.7 Å². The smallest absolute Gasteiger partial charge is 0.265 e. The molecule has 0 aliphatic carbocycles. The van der Waals surface area contributed by atoms with Gasteiger partial charge in [-0.2, -0.15) is 5.26 Å². The van der Waals surface area contributed by atoms with Crippen LogP contribution in [0.15, 0.2) is 16.9 Å². The van der Waals surface area contributed by atoms with Crippen molar-refractivity contribution in [1.29, 1.82) is 5.26 Å². The fourth-order valence-electron chi connectivity index (χ4n) is 3.70. The van der Waals surface area contributed by atoms with Gasteiger partial charge in [0, 0.05) is 36.7 Å². The van der Waals surface area contributed by atoms with Crippen LogP contribution in [0.5, 0.6) is 0 Å². The van der Waals surface area contributed by atoms with Gasteiger partial charge in [-0.3, -0.25) is 4.79 Å². The molecule has 3 aromatic rings. The molecule has 0 saturated heterocycles. The fraction of sp³-hybridized carbons (Fsp3) is 0.500. The number of nitrogens with zero attached hydrogens (tertiary/aromatic N) is 5. The molecule has 3 aromatic heterocycles. The van der Waals surface area contributed by atoms with Crippen molar-refractivity contribution in [2.24, 2.45) is 0 Å². The third-order valence-corrected chi connectivity index (χ3v) is 6.67. The zero-order chi connectivity index (χ0) is 23.1. The van der Waals surface area contributed by atoms with Crippen LogP contribution in [0.25, 0.3) is 11.7 Å². The van der Waals surface area contributed by atoms with E-state index in [-0.39, 0.29) is 5.56 Å². The summed E-state index contributed by atoms with van der Waals surface area (Å²) in [4.78, 5) is 16.8. The molecule has 170 valence electrons. The van der Waals surface area contributed by atoms with Crippen LogP contribution in [0.4, 0.5) is 5.00 Å². The summed E-state index contributed by atoms with van der Waals surface area (Å²) >= 11 is 1.68. The summed E-state index contributed by atoms with van der Waals surface area (Å²) in [5, 5.41) is 19.7. The van der Waals surface area contributed by atoms with Gasteiger partial charge in [-0.15, -0.1) is 21.5 Å². The van der Waals surface area contributed by atoms with E-state index in [4.69, 9.17) is 4.74 Å². The van der Waals surface area contributed by atoms with Crippen molar-refractivity contribution in [3.8, 4) is 6.07 Å². The zero-order valence-corrected chi connectivity index (χ0v) is 20.2. The number of ether oxygens (including phenoxy) is 1. The van der Waals surface area contributed by atoms with E-state index in [1.165, 1.54) is 9.40 Å². The molecule has 0 N–H and O–H groups in total. The summed E-state index contributed by atoms with van der Waals surface area (Å²) in [5.74, 6) is 0.509. The SMILES string of the molecule is CCCCN(CCCC)c1ccc(/C=c2\c(C)c(C#N)c3nnc(CCOC)n3c2=O)s1. The Morgan fingerprint density at radius 2 is 1.94 bits per heavy atom. The topological polar surface area (TPSA) is 83.5 Å². The van der Waals surface area contributed by atoms with E-state index in [1.807, 2.05) is 6.08 Å². The molecule has 0 bridgehead atoms. The molecule has 7 nitrogen and oxygen atoms in total. The van der Waals surface area contributed by atoms with Crippen molar-refractivity contribution < 1.29 is 4.74 Å². The van der Waals surface area contributed by atoms with Gasteiger partial charge in [-0.25, -0.2) is 4.40 Å². The standard InChI is InChI=1S/C24H31N5O2S/c1-5-7-12-28(13-8-6-2)22-10-9-18(32-22)15-19-17(3)20(16-25)23-27-26-21(11-14-31-4)29(23)24(19)30/h9-10,15H,5-8,11-14H2,1-4H3/b19-15+. The first kappa shape index (κ1) is 23.9. The predicted molar refractivity (Wildman–Crippen MR) is 129 cm³/mol. The Bertz CT molecular complexity index is 1200. The van der Waals surface area contributed by atoms with E-state index in [2.05, 4.69) is 47.1 Å². The van der Waals surface area contributed by atoms with Gasteiger partial charge < -0.3 is 9.64 Å². The maximum Gasteiger partial charge on any atom is 0.265 e.